The molecule has 1 aromatic heterocycles. The summed E-state index contributed by atoms with van der Waals surface area (Å²) in [4.78, 5) is 16.9. The maximum absolute atomic E-state index is 12.3. The molecule has 1 atom stereocenters. The number of carbonyl (C=O) groups excluding carboxylic acids is 1. The van der Waals surface area contributed by atoms with Crippen LogP contribution in [0.15, 0.2) is 53.9 Å². The van der Waals surface area contributed by atoms with Crippen molar-refractivity contribution in [2.75, 3.05) is 7.11 Å². The van der Waals surface area contributed by atoms with Crippen LogP contribution in [0.3, 0.4) is 0 Å². The third-order valence-electron chi connectivity index (χ3n) is 3.98. The van der Waals surface area contributed by atoms with Crippen LogP contribution in [0.5, 0.6) is 5.75 Å². The predicted molar refractivity (Wildman–Crippen MR) is 106 cm³/mol. The van der Waals surface area contributed by atoms with E-state index in [-0.39, 0.29) is 18.4 Å². The molecule has 1 amide bonds. The van der Waals surface area contributed by atoms with Gasteiger partial charge in [-0.25, -0.2) is 4.98 Å². The van der Waals surface area contributed by atoms with E-state index in [0.29, 0.717) is 5.02 Å². The van der Waals surface area contributed by atoms with Gasteiger partial charge in [-0.15, -0.1) is 11.3 Å². The fraction of sp³-hybridized carbons (Fsp3) is 0.200. The highest BCUT2D eigenvalue weighted by atomic mass is 35.5. The van der Waals surface area contributed by atoms with Gasteiger partial charge in [0.25, 0.3) is 0 Å². The van der Waals surface area contributed by atoms with Gasteiger partial charge < -0.3 is 10.1 Å². The number of amides is 1. The van der Waals surface area contributed by atoms with Crippen molar-refractivity contribution in [3.63, 3.8) is 0 Å². The van der Waals surface area contributed by atoms with Crippen molar-refractivity contribution in [3.8, 4) is 16.3 Å². The molecule has 3 aromatic rings. The van der Waals surface area contributed by atoms with Crippen LogP contribution in [0, 0.1) is 0 Å². The van der Waals surface area contributed by atoms with Crippen molar-refractivity contribution in [3.05, 3.63) is 70.2 Å². The van der Waals surface area contributed by atoms with E-state index in [9.17, 15) is 4.79 Å². The molecule has 2 aromatic carbocycles. The van der Waals surface area contributed by atoms with E-state index in [1.807, 2.05) is 60.8 Å². The minimum absolute atomic E-state index is 0.0565. The van der Waals surface area contributed by atoms with Crippen molar-refractivity contribution in [1.29, 1.82) is 0 Å². The average molecular weight is 387 g/mol. The Morgan fingerprint density at radius 1 is 1.19 bits per heavy atom. The van der Waals surface area contributed by atoms with Crippen LogP contribution in [-0.2, 0) is 11.2 Å². The first-order valence-corrected chi connectivity index (χ1v) is 9.44. The Hall–Kier alpha value is -2.37. The molecule has 1 heterocycles. The third kappa shape index (κ3) is 4.62. The van der Waals surface area contributed by atoms with Gasteiger partial charge in [0, 0.05) is 16.0 Å². The molecule has 0 fully saturated rings. The number of methoxy groups -OCH3 is 1. The summed E-state index contributed by atoms with van der Waals surface area (Å²) >= 11 is 7.43. The average Bonchev–Trinajstić information content (AvgIpc) is 3.10. The number of rotatable bonds is 6. The van der Waals surface area contributed by atoms with E-state index in [1.54, 1.807) is 7.11 Å². The molecule has 0 bridgehead atoms. The van der Waals surface area contributed by atoms with E-state index in [4.69, 9.17) is 16.3 Å². The highest BCUT2D eigenvalue weighted by Gasteiger charge is 2.13. The molecular formula is C20H19ClN2O2S. The predicted octanol–water partition coefficient (Wildman–Crippen LogP) is 4.89. The van der Waals surface area contributed by atoms with Gasteiger partial charge in [-0.05, 0) is 48.9 Å². The second-order valence-corrected chi connectivity index (χ2v) is 7.18. The molecule has 0 aliphatic rings. The van der Waals surface area contributed by atoms with Crippen LogP contribution >= 0.6 is 22.9 Å². The van der Waals surface area contributed by atoms with E-state index >= 15 is 0 Å². The highest BCUT2D eigenvalue weighted by Crippen LogP contribution is 2.26. The zero-order valence-corrected chi connectivity index (χ0v) is 16.1. The highest BCUT2D eigenvalue weighted by molar-refractivity contribution is 7.13. The van der Waals surface area contributed by atoms with Crippen LogP contribution in [0.1, 0.15) is 24.2 Å². The van der Waals surface area contributed by atoms with E-state index in [0.717, 1.165) is 27.6 Å². The maximum atomic E-state index is 12.3. The fourth-order valence-corrected chi connectivity index (χ4v) is 3.50. The summed E-state index contributed by atoms with van der Waals surface area (Å²) in [6.45, 7) is 1.95. The summed E-state index contributed by atoms with van der Waals surface area (Å²) in [5, 5.41) is 6.49. The largest absolute Gasteiger partial charge is 0.497 e. The first kappa shape index (κ1) is 18.4. The molecule has 0 spiro atoms. The summed E-state index contributed by atoms with van der Waals surface area (Å²) in [7, 11) is 1.64. The Balaban J connectivity index is 1.61. The molecule has 26 heavy (non-hydrogen) atoms. The van der Waals surface area contributed by atoms with Crippen LogP contribution in [0.25, 0.3) is 10.6 Å². The van der Waals surface area contributed by atoms with Crippen LogP contribution in [0.2, 0.25) is 5.02 Å². The van der Waals surface area contributed by atoms with Gasteiger partial charge in [0.05, 0.1) is 25.3 Å². The number of carbonyl (C=O) groups is 1. The SMILES string of the molecule is COc1ccc(-c2nc(CC(=O)NC(C)c3ccc(Cl)cc3)cs2)cc1. The fourth-order valence-electron chi connectivity index (χ4n) is 2.55. The van der Waals surface area contributed by atoms with Crippen molar-refractivity contribution in [2.24, 2.45) is 0 Å². The zero-order valence-electron chi connectivity index (χ0n) is 14.5. The number of ether oxygens (including phenoxy) is 1. The summed E-state index contributed by atoms with van der Waals surface area (Å²) in [5.74, 6) is 0.750. The number of halogens is 1. The van der Waals surface area contributed by atoms with Gasteiger partial charge in [0.1, 0.15) is 10.8 Å². The molecule has 1 unspecified atom stereocenters. The number of nitrogens with one attached hydrogen (secondary N) is 1. The molecule has 1 N–H and O–H groups in total. The number of hydrogen-bond donors (Lipinski definition) is 1. The molecule has 0 aliphatic carbocycles. The third-order valence-corrected chi connectivity index (χ3v) is 5.17. The molecule has 0 saturated carbocycles. The van der Waals surface area contributed by atoms with E-state index < -0.39 is 0 Å². The second-order valence-electron chi connectivity index (χ2n) is 5.89. The van der Waals surface area contributed by atoms with E-state index in [2.05, 4.69) is 10.3 Å². The van der Waals surface area contributed by atoms with Crippen molar-refractivity contribution >= 4 is 28.8 Å². The molecular weight excluding hydrogens is 368 g/mol. The minimum atomic E-state index is -0.0838. The van der Waals surface area contributed by atoms with Crippen molar-refractivity contribution in [2.45, 2.75) is 19.4 Å². The van der Waals surface area contributed by atoms with Gasteiger partial charge in [0.2, 0.25) is 5.91 Å². The number of nitrogens with zero attached hydrogens (tertiary/aromatic N) is 1. The van der Waals surface area contributed by atoms with Gasteiger partial charge in [-0.3, -0.25) is 4.79 Å². The summed E-state index contributed by atoms with van der Waals surface area (Å²) in [5.41, 5.74) is 2.79. The number of hydrogen-bond acceptors (Lipinski definition) is 4. The topological polar surface area (TPSA) is 51.2 Å². The number of benzene rings is 2. The minimum Gasteiger partial charge on any atom is -0.497 e. The standard InChI is InChI=1S/C20H19ClN2O2S/c1-13(14-3-7-16(21)8-4-14)22-19(24)11-17-12-26-20(23-17)15-5-9-18(25-2)10-6-15/h3-10,12-13H,11H2,1-2H3,(H,22,24). The molecule has 0 saturated heterocycles. The second kappa shape index (κ2) is 8.34. The van der Waals surface area contributed by atoms with Gasteiger partial charge >= 0.3 is 0 Å². The summed E-state index contributed by atoms with van der Waals surface area (Å²) < 4.78 is 5.17. The van der Waals surface area contributed by atoms with Gasteiger partial charge in [-0.1, -0.05) is 23.7 Å². The van der Waals surface area contributed by atoms with E-state index in [1.165, 1.54) is 11.3 Å². The van der Waals surface area contributed by atoms with Crippen LogP contribution in [-0.4, -0.2) is 18.0 Å². The van der Waals surface area contributed by atoms with Crippen molar-refractivity contribution < 1.29 is 9.53 Å². The Morgan fingerprint density at radius 3 is 2.54 bits per heavy atom. The lowest BCUT2D eigenvalue weighted by Crippen LogP contribution is -2.28. The zero-order chi connectivity index (χ0) is 18.5. The maximum Gasteiger partial charge on any atom is 0.226 e. The summed E-state index contributed by atoms with van der Waals surface area (Å²) in [6.07, 6.45) is 0.255. The van der Waals surface area contributed by atoms with Crippen LogP contribution in [0.4, 0.5) is 0 Å². The lowest BCUT2D eigenvalue weighted by atomic mass is 10.1. The Morgan fingerprint density at radius 2 is 1.88 bits per heavy atom. The first-order chi connectivity index (χ1) is 12.5. The van der Waals surface area contributed by atoms with Gasteiger partial charge in [-0.2, -0.15) is 0 Å². The van der Waals surface area contributed by atoms with Gasteiger partial charge in [0.15, 0.2) is 0 Å². The Kier molecular flexibility index (Phi) is 5.91. The lowest BCUT2D eigenvalue weighted by molar-refractivity contribution is -0.121. The Bertz CT molecular complexity index is 876. The molecule has 3 rings (SSSR count). The number of thiazole rings is 1. The quantitative estimate of drug-likeness (QED) is 0.656. The molecule has 0 aliphatic heterocycles. The number of aromatic nitrogens is 1. The molecule has 0 radical (unpaired) electrons. The molecule has 134 valence electrons. The smallest absolute Gasteiger partial charge is 0.226 e. The first-order valence-electron chi connectivity index (χ1n) is 8.19. The molecule has 4 nitrogen and oxygen atoms in total. The Labute approximate surface area is 161 Å². The van der Waals surface area contributed by atoms with Crippen LogP contribution < -0.4 is 10.1 Å². The summed E-state index contributed by atoms with van der Waals surface area (Å²) in [6, 6.07) is 15.1. The van der Waals surface area contributed by atoms with Crippen molar-refractivity contribution in [1.82, 2.24) is 10.3 Å². The molecule has 6 heteroatoms. The normalized spacial score (nSPS) is 11.8. The lowest BCUT2D eigenvalue weighted by Gasteiger charge is -2.14. The monoisotopic (exact) mass is 386 g/mol.